The van der Waals surface area contributed by atoms with Gasteiger partial charge in [0.25, 0.3) is 0 Å². The fourth-order valence-corrected chi connectivity index (χ4v) is 2.32. The quantitative estimate of drug-likeness (QED) is 0.837. The lowest BCUT2D eigenvalue weighted by molar-refractivity contribution is -0.141. The Morgan fingerprint density at radius 2 is 1.94 bits per heavy atom. The largest absolute Gasteiger partial charge is 0.480 e. The highest BCUT2D eigenvalue weighted by Crippen LogP contribution is 2.20. The molecule has 1 rings (SSSR count). The van der Waals surface area contributed by atoms with Crippen LogP contribution in [0.25, 0.3) is 0 Å². The first-order chi connectivity index (χ1) is 8.34. The van der Waals surface area contributed by atoms with Gasteiger partial charge in [0.1, 0.15) is 6.04 Å². The molecule has 0 aliphatic carbocycles. The van der Waals surface area contributed by atoms with Crippen molar-refractivity contribution in [1.82, 2.24) is 9.80 Å². The summed E-state index contributed by atoms with van der Waals surface area (Å²) in [5, 5.41) is 9.12. The number of urea groups is 1. The fraction of sp³-hybridized carbons (Fsp3) is 0.846. The molecule has 0 spiro atoms. The summed E-state index contributed by atoms with van der Waals surface area (Å²) >= 11 is 0. The fourth-order valence-electron chi connectivity index (χ4n) is 2.32. The van der Waals surface area contributed by atoms with Crippen molar-refractivity contribution < 1.29 is 14.7 Å². The van der Waals surface area contributed by atoms with E-state index in [2.05, 4.69) is 13.8 Å². The van der Waals surface area contributed by atoms with Crippen molar-refractivity contribution in [2.75, 3.05) is 13.1 Å². The number of carbonyl (C=O) groups excluding carboxylic acids is 1. The molecule has 0 aromatic carbocycles. The number of nitrogens with zero attached hydrogens (tertiary/aromatic N) is 2. The number of carboxylic acids is 1. The van der Waals surface area contributed by atoms with Crippen LogP contribution in [-0.2, 0) is 4.79 Å². The van der Waals surface area contributed by atoms with E-state index in [-0.39, 0.29) is 12.1 Å². The predicted molar refractivity (Wildman–Crippen MR) is 69.4 cm³/mol. The minimum Gasteiger partial charge on any atom is -0.480 e. The van der Waals surface area contributed by atoms with Gasteiger partial charge in [0.15, 0.2) is 0 Å². The van der Waals surface area contributed by atoms with Gasteiger partial charge in [-0.2, -0.15) is 0 Å². The Hall–Kier alpha value is -1.26. The SMILES string of the molecule is CC(C)CN(C(=O)N1CCCC1C(=O)O)C(C)C. The van der Waals surface area contributed by atoms with E-state index in [1.54, 1.807) is 4.90 Å². The first kappa shape index (κ1) is 14.8. The van der Waals surface area contributed by atoms with Gasteiger partial charge in [-0.15, -0.1) is 0 Å². The second-order valence-electron chi connectivity index (χ2n) is 5.61. The molecule has 1 unspecified atom stereocenters. The number of carbonyl (C=O) groups is 2. The topological polar surface area (TPSA) is 60.9 Å². The van der Waals surface area contributed by atoms with Gasteiger partial charge in [-0.3, -0.25) is 0 Å². The molecule has 0 saturated carbocycles. The lowest BCUT2D eigenvalue weighted by atomic mass is 10.2. The third-order valence-electron chi connectivity index (χ3n) is 3.21. The van der Waals surface area contributed by atoms with E-state index in [0.717, 1.165) is 6.42 Å². The van der Waals surface area contributed by atoms with E-state index >= 15 is 0 Å². The average molecular weight is 256 g/mol. The van der Waals surface area contributed by atoms with Crippen molar-refractivity contribution in [3.8, 4) is 0 Å². The molecule has 0 aromatic heterocycles. The van der Waals surface area contributed by atoms with E-state index in [0.29, 0.717) is 25.4 Å². The molecule has 1 aliphatic heterocycles. The van der Waals surface area contributed by atoms with E-state index in [1.807, 2.05) is 13.8 Å². The van der Waals surface area contributed by atoms with Crippen LogP contribution in [0.3, 0.4) is 0 Å². The lowest BCUT2D eigenvalue weighted by Crippen LogP contribution is -2.51. The molecule has 5 heteroatoms. The third-order valence-corrected chi connectivity index (χ3v) is 3.21. The Bertz CT molecular complexity index is 315. The van der Waals surface area contributed by atoms with Crippen LogP contribution in [0.2, 0.25) is 0 Å². The number of carboxylic acid groups (broad SMARTS) is 1. The van der Waals surface area contributed by atoms with Gasteiger partial charge in [0.2, 0.25) is 0 Å². The standard InChI is InChI=1S/C13H24N2O3/c1-9(2)8-15(10(3)4)13(18)14-7-5-6-11(14)12(16)17/h9-11H,5-8H2,1-4H3,(H,16,17). The van der Waals surface area contributed by atoms with Gasteiger partial charge in [-0.25, -0.2) is 9.59 Å². The Labute approximate surface area is 109 Å². The summed E-state index contributed by atoms with van der Waals surface area (Å²) in [4.78, 5) is 26.8. The molecule has 0 aromatic rings. The summed E-state index contributed by atoms with van der Waals surface area (Å²) in [5.41, 5.74) is 0. The van der Waals surface area contributed by atoms with Crippen molar-refractivity contribution >= 4 is 12.0 Å². The zero-order chi connectivity index (χ0) is 13.9. The van der Waals surface area contributed by atoms with Gasteiger partial charge in [-0.1, -0.05) is 13.8 Å². The highest BCUT2D eigenvalue weighted by atomic mass is 16.4. The maximum Gasteiger partial charge on any atom is 0.326 e. The molecule has 0 radical (unpaired) electrons. The normalized spacial score (nSPS) is 19.7. The molecule has 1 aliphatic rings. The van der Waals surface area contributed by atoms with Crippen molar-refractivity contribution in [2.24, 2.45) is 5.92 Å². The van der Waals surface area contributed by atoms with Gasteiger partial charge in [0.05, 0.1) is 0 Å². The van der Waals surface area contributed by atoms with Crippen LogP contribution in [0.15, 0.2) is 0 Å². The molecular formula is C13H24N2O3. The Morgan fingerprint density at radius 1 is 1.33 bits per heavy atom. The summed E-state index contributed by atoms with van der Waals surface area (Å²) in [6.07, 6.45) is 1.34. The Kier molecular flexibility index (Phi) is 4.99. The smallest absolute Gasteiger partial charge is 0.326 e. The van der Waals surface area contributed by atoms with Crippen molar-refractivity contribution in [2.45, 2.75) is 52.6 Å². The molecule has 0 bridgehead atoms. The molecule has 104 valence electrons. The van der Waals surface area contributed by atoms with Crippen LogP contribution in [0.1, 0.15) is 40.5 Å². The molecule has 2 amide bonds. The van der Waals surface area contributed by atoms with Crippen LogP contribution in [0.5, 0.6) is 0 Å². The molecule has 1 saturated heterocycles. The van der Waals surface area contributed by atoms with Crippen LogP contribution in [0, 0.1) is 5.92 Å². The second kappa shape index (κ2) is 6.07. The molecule has 1 fully saturated rings. The number of aliphatic carboxylic acids is 1. The maximum absolute atomic E-state index is 12.4. The molecule has 5 nitrogen and oxygen atoms in total. The molecule has 18 heavy (non-hydrogen) atoms. The molecule has 1 heterocycles. The second-order valence-corrected chi connectivity index (χ2v) is 5.61. The van der Waals surface area contributed by atoms with Crippen molar-refractivity contribution in [1.29, 1.82) is 0 Å². The molecular weight excluding hydrogens is 232 g/mol. The monoisotopic (exact) mass is 256 g/mol. The summed E-state index contributed by atoms with van der Waals surface area (Å²) in [6.45, 7) is 9.26. The van der Waals surface area contributed by atoms with Crippen LogP contribution in [0.4, 0.5) is 4.79 Å². The predicted octanol–water partition coefficient (Wildman–Crippen LogP) is 2.02. The summed E-state index contributed by atoms with van der Waals surface area (Å²) in [7, 11) is 0. The third kappa shape index (κ3) is 3.37. The first-order valence-corrected chi connectivity index (χ1v) is 6.64. The van der Waals surface area contributed by atoms with Crippen molar-refractivity contribution in [3.63, 3.8) is 0 Å². The van der Waals surface area contributed by atoms with Crippen molar-refractivity contribution in [3.05, 3.63) is 0 Å². The highest BCUT2D eigenvalue weighted by Gasteiger charge is 2.36. The zero-order valence-electron chi connectivity index (χ0n) is 11.7. The first-order valence-electron chi connectivity index (χ1n) is 6.64. The summed E-state index contributed by atoms with van der Waals surface area (Å²) in [5.74, 6) is -0.517. The highest BCUT2D eigenvalue weighted by molar-refractivity contribution is 5.83. The Morgan fingerprint density at radius 3 is 2.39 bits per heavy atom. The molecule has 1 N–H and O–H groups in total. The van der Waals surface area contributed by atoms with Crippen LogP contribution < -0.4 is 0 Å². The zero-order valence-corrected chi connectivity index (χ0v) is 11.7. The minimum atomic E-state index is -0.894. The Balaban J connectivity index is 2.79. The number of rotatable bonds is 4. The van der Waals surface area contributed by atoms with Gasteiger partial charge in [0, 0.05) is 19.1 Å². The summed E-state index contributed by atoms with van der Waals surface area (Å²) < 4.78 is 0. The molecule has 1 atom stereocenters. The lowest BCUT2D eigenvalue weighted by Gasteiger charge is -2.34. The van der Waals surface area contributed by atoms with E-state index in [1.165, 1.54) is 4.90 Å². The maximum atomic E-state index is 12.4. The summed E-state index contributed by atoms with van der Waals surface area (Å²) in [6, 6.07) is -0.690. The van der Waals surface area contributed by atoms with Gasteiger partial charge < -0.3 is 14.9 Å². The van der Waals surface area contributed by atoms with Crippen LogP contribution >= 0.6 is 0 Å². The van der Waals surface area contributed by atoms with Gasteiger partial charge >= 0.3 is 12.0 Å². The van der Waals surface area contributed by atoms with E-state index < -0.39 is 12.0 Å². The minimum absolute atomic E-state index is 0.0925. The number of likely N-dealkylation sites (tertiary alicyclic amines) is 1. The number of hydrogen-bond acceptors (Lipinski definition) is 2. The number of amides is 2. The average Bonchev–Trinajstić information content (AvgIpc) is 2.73. The van der Waals surface area contributed by atoms with Gasteiger partial charge in [-0.05, 0) is 32.6 Å². The van der Waals surface area contributed by atoms with E-state index in [9.17, 15) is 9.59 Å². The number of hydrogen-bond donors (Lipinski definition) is 1. The van der Waals surface area contributed by atoms with E-state index in [4.69, 9.17) is 5.11 Å². The van der Waals surface area contributed by atoms with Crippen LogP contribution in [-0.4, -0.2) is 52.1 Å².